The lowest BCUT2D eigenvalue weighted by molar-refractivity contribution is 0.0732. The van der Waals surface area contributed by atoms with Crippen molar-refractivity contribution in [1.29, 1.82) is 0 Å². The van der Waals surface area contributed by atoms with Gasteiger partial charge < -0.3 is 15.2 Å². The average molecular weight is 458 g/mol. The lowest BCUT2D eigenvalue weighted by Gasteiger charge is -2.29. The van der Waals surface area contributed by atoms with E-state index in [1.807, 2.05) is 29.2 Å². The average Bonchev–Trinajstić information content (AvgIpc) is 3.60. The molecule has 172 valence electrons. The van der Waals surface area contributed by atoms with Crippen LogP contribution in [0.5, 0.6) is 0 Å². The summed E-state index contributed by atoms with van der Waals surface area (Å²) in [5.41, 5.74) is 1.61. The molecule has 2 aliphatic rings. The molecular weight excluding hydrogens is 436 g/mol. The van der Waals surface area contributed by atoms with Gasteiger partial charge in [0.15, 0.2) is 5.69 Å². The van der Waals surface area contributed by atoms with Crippen LogP contribution < -0.4 is 10.9 Å². The van der Waals surface area contributed by atoms with Crippen molar-refractivity contribution in [3.8, 4) is 5.69 Å². The summed E-state index contributed by atoms with van der Waals surface area (Å²) in [6.07, 6.45) is 8.59. The van der Waals surface area contributed by atoms with Gasteiger partial charge in [-0.1, -0.05) is 6.07 Å². The van der Waals surface area contributed by atoms with Crippen molar-refractivity contribution in [1.82, 2.24) is 39.6 Å². The third kappa shape index (κ3) is 3.45. The Balaban J connectivity index is 1.16. The Labute approximate surface area is 193 Å². The van der Waals surface area contributed by atoms with Crippen LogP contribution in [0.4, 0.5) is 0 Å². The highest BCUT2D eigenvalue weighted by atomic mass is 16.2. The maximum absolute atomic E-state index is 13.3. The molecule has 1 aliphatic carbocycles. The molecule has 2 bridgehead atoms. The molecule has 3 atom stereocenters. The highest BCUT2D eigenvalue weighted by molar-refractivity contribution is 5.95. The van der Waals surface area contributed by atoms with E-state index in [9.17, 15) is 14.4 Å². The molecule has 11 heteroatoms. The lowest BCUT2D eigenvalue weighted by atomic mass is 9.85. The molecular formula is C23H22N8O3. The Morgan fingerprint density at radius 1 is 1.18 bits per heavy atom. The van der Waals surface area contributed by atoms with Crippen LogP contribution in [-0.4, -0.2) is 64.7 Å². The number of likely N-dealkylation sites (tertiary alicyclic amines) is 1. The monoisotopic (exact) mass is 458 g/mol. The van der Waals surface area contributed by atoms with Crippen LogP contribution in [0, 0.1) is 5.92 Å². The highest BCUT2D eigenvalue weighted by Gasteiger charge is 2.43. The molecule has 6 rings (SSSR count). The summed E-state index contributed by atoms with van der Waals surface area (Å²) in [5, 5.41) is 11.4. The number of carbonyl (C=O) groups excluding carboxylic acids is 2. The fraction of sp³-hybridized carbons (Fsp3) is 0.304. The number of nitrogens with zero attached hydrogens (tertiary/aromatic N) is 6. The largest absolute Gasteiger partial charge is 0.348 e. The van der Waals surface area contributed by atoms with Gasteiger partial charge in [-0.2, -0.15) is 10.2 Å². The molecule has 0 spiro atoms. The second-order valence-electron chi connectivity index (χ2n) is 8.80. The van der Waals surface area contributed by atoms with Gasteiger partial charge >= 0.3 is 0 Å². The molecule has 4 heterocycles. The zero-order valence-electron chi connectivity index (χ0n) is 18.2. The van der Waals surface area contributed by atoms with E-state index in [1.165, 1.54) is 23.1 Å². The van der Waals surface area contributed by atoms with E-state index in [0.29, 0.717) is 17.6 Å². The molecule has 3 aromatic heterocycles. The first-order chi connectivity index (χ1) is 16.6. The maximum Gasteiger partial charge on any atom is 0.273 e. The van der Waals surface area contributed by atoms with Crippen LogP contribution in [-0.2, 0) is 0 Å². The molecule has 2 N–H and O–H groups in total. The van der Waals surface area contributed by atoms with E-state index in [0.717, 1.165) is 24.9 Å². The summed E-state index contributed by atoms with van der Waals surface area (Å²) in [6.45, 7) is 0.590. The summed E-state index contributed by atoms with van der Waals surface area (Å²) in [5.74, 6) is -0.150. The first kappa shape index (κ1) is 20.3. The standard InChI is InChI=1S/C23H22N8O3/c32-21(19-10-20-22(33)25-6-7-30(20)28-19)27-18-5-4-16-9-15(18)11-29(16)23(34)14-2-1-3-17(8-14)31-13-24-12-26-31/h1-3,6-8,10,12-13,15-16,18H,4-5,9,11H2,(H,25,33)(H,27,32). The van der Waals surface area contributed by atoms with Crippen molar-refractivity contribution in [2.24, 2.45) is 5.92 Å². The van der Waals surface area contributed by atoms with Crippen LogP contribution in [0.2, 0.25) is 0 Å². The summed E-state index contributed by atoms with van der Waals surface area (Å²) in [4.78, 5) is 46.6. The fourth-order valence-electron chi connectivity index (χ4n) is 5.14. The van der Waals surface area contributed by atoms with Crippen LogP contribution in [0.15, 0.2) is 60.2 Å². The number of hydrogen-bond acceptors (Lipinski definition) is 6. The molecule has 3 unspecified atom stereocenters. The van der Waals surface area contributed by atoms with Crippen LogP contribution in [0.3, 0.4) is 0 Å². The van der Waals surface area contributed by atoms with Gasteiger partial charge in [0.05, 0.1) is 5.69 Å². The Morgan fingerprint density at radius 2 is 2.09 bits per heavy atom. The number of amides is 2. The second kappa shape index (κ2) is 7.94. The minimum atomic E-state index is -0.308. The Hall–Kier alpha value is -4.28. The minimum Gasteiger partial charge on any atom is -0.348 e. The SMILES string of the molecule is O=C(NC1CCC2CC1CN2C(=O)c1cccc(-n2cncn2)c1)c1cc2c(=O)[nH]ccn2n1. The molecule has 4 aromatic rings. The number of H-pyrrole nitrogens is 1. The minimum absolute atomic E-state index is 0.0129. The van der Waals surface area contributed by atoms with Crippen molar-refractivity contribution in [2.75, 3.05) is 6.54 Å². The van der Waals surface area contributed by atoms with E-state index in [-0.39, 0.29) is 41.1 Å². The number of benzene rings is 1. The molecule has 2 amide bonds. The normalized spacial score (nSPS) is 21.6. The van der Waals surface area contributed by atoms with Gasteiger partial charge in [-0.05, 0) is 43.4 Å². The quantitative estimate of drug-likeness (QED) is 0.470. The van der Waals surface area contributed by atoms with Crippen LogP contribution >= 0.6 is 0 Å². The summed E-state index contributed by atoms with van der Waals surface area (Å²) in [6, 6.07) is 8.97. The topological polar surface area (TPSA) is 130 Å². The van der Waals surface area contributed by atoms with Crippen molar-refractivity contribution in [2.45, 2.75) is 31.3 Å². The number of nitrogens with one attached hydrogen (secondary N) is 2. The Kier molecular flexibility index (Phi) is 4.75. The number of aromatic nitrogens is 6. The van der Waals surface area contributed by atoms with Gasteiger partial charge in [0.2, 0.25) is 0 Å². The van der Waals surface area contributed by atoms with Crippen molar-refractivity contribution >= 4 is 17.3 Å². The third-order valence-corrected chi connectivity index (χ3v) is 6.81. The first-order valence-electron chi connectivity index (χ1n) is 11.2. The van der Waals surface area contributed by atoms with E-state index in [4.69, 9.17) is 0 Å². The molecule has 11 nitrogen and oxygen atoms in total. The summed E-state index contributed by atoms with van der Waals surface area (Å²) < 4.78 is 3.02. The number of fused-ring (bicyclic) bond motifs is 3. The van der Waals surface area contributed by atoms with E-state index < -0.39 is 0 Å². The second-order valence-corrected chi connectivity index (χ2v) is 8.80. The summed E-state index contributed by atoms with van der Waals surface area (Å²) in [7, 11) is 0. The molecule has 1 aliphatic heterocycles. The van der Waals surface area contributed by atoms with Crippen molar-refractivity contribution in [3.63, 3.8) is 0 Å². The fourth-order valence-corrected chi connectivity index (χ4v) is 5.14. The third-order valence-electron chi connectivity index (χ3n) is 6.81. The predicted molar refractivity (Wildman–Crippen MR) is 121 cm³/mol. The Morgan fingerprint density at radius 3 is 2.91 bits per heavy atom. The van der Waals surface area contributed by atoms with Crippen molar-refractivity contribution < 1.29 is 9.59 Å². The molecule has 2 fully saturated rings. The van der Waals surface area contributed by atoms with Gasteiger partial charge in [0.1, 0.15) is 18.2 Å². The number of aromatic amines is 1. The zero-order valence-corrected chi connectivity index (χ0v) is 18.2. The summed E-state index contributed by atoms with van der Waals surface area (Å²) >= 11 is 0. The number of carbonyl (C=O) groups is 2. The Bertz CT molecular complexity index is 1440. The molecule has 0 radical (unpaired) electrons. The zero-order chi connectivity index (χ0) is 23.2. The molecule has 1 saturated carbocycles. The molecule has 1 aromatic carbocycles. The van der Waals surface area contributed by atoms with Gasteiger partial charge in [-0.15, -0.1) is 0 Å². The molecule has 1 saturated heterocycles. The maximum atomic E-state index is 13.3. The van der Waals surface area contributed by atoms with Gasteiger partial charge in [0, 0.05) is 42.7 Å². The number of rotatable bonds is 4. The van der Waals surface area contributed by atoms with Gasteiger partial charge in [0.25, 0.3) is 17.4 Å². The van der Waals surface area contributed by atoms with Crippen LogP contribution in [0.25, 0.3) is 11.2 Å². The smallest absolute Gasteiger partial charge is 0.273 e. The van der Waals surface area contributed by atoms with Gasteiger partial charge in [-0.25, -0.2) is 14.2 Å². The van der Waals surface area contributed by atoms with Crippen molar-refractivity contribution in [3.05, 3.63) is 77.0 Å². The predicted octanol–water partition coefficient (Wildman–Crippen LogP) is 1.03. The van der Waals surface area contributed by atoms with E-state index in [1.54, 1.807) is 17.2 Å². The van der Waals surface area contributed by atoms with E-state index in [2.05, 4.69) is 25.5 Å². The lowest BCUT2D eigenvalue weighted by Crippen LogP contribution is -2.42. The van der Waals surface area contributed by atoms with Gasteiger partial charge in [-0.3, -0.25) is 14.4 Å². The number of hydrogen-bond donors (Lipinski definition) is 2. The molecule has 34 heavy (non-hydrogen) atoms. The van der Waals surface area contributed by atoms with E-state index >= 15 is 0 Å². The first-order valence-corrected chi connectivity index (χ1v) is 11.2. The van der Waals surface area contributed by atoms with Crippen LogP contribution in [0.1, 0.15) is 40.1 Å². The highest BCUT2D eigenvalue weighted by Crippen LogP contribution is 2.36.